The van der Waals surface area contributed by atoms with Crippen LogP contribution in [0.4, 0.5) is 0 Å². The number of nitrogens with zero attached hydrogens (tertiary/aromatic N) is 1. The molecule has 4 rings (SSSR count). The number of unbranched alkanes of at least 4 members (excludes halogenated alkanes) is 1. The van der Waals surface area contributed by atoms with Gasteiger partial charge in [-0.05, 0) is 74.4 Å². The fourth-order valence-corrected chi connectivity index (χ4v) is 7.14. The standard InChI is InChI=1S/C44H58N8O10/c1-27(53)38(43(60)52-22-10-16-36(52)42(59)48-32(44(61)62)15-8-9-21-45)51-41(58)35(25-30-17-19-31(54)20-18-30)50-40(57)34(24-29-13-6-3-7-14-29)49-39(56)33(47-37(55)26-46)23-28-11-4-2-5-12-28/h2-7,11-14,17-20,27,32-36,38,53-54H,8-10,15-16,21-26,45-46H2,1H3,(H,47,55)(H,48,59)(H,49,56)(H,50,57)(H,51,58)(H,61,62). The summed E-state index contributed by atoms with van der Waals surface area (Å²) in [6.07, 6.45) is 0.154. The number of amides is 6. The van der Waals surface area contributed by atoms with Crippen LogP contribution in [-0.2, 0) is 52.8 Å². The summed E-state index contributed by atoms with van der Waals surface area (Å²) in [6, 6.07) is 15.8. The van der Waals surface area contributed by atoms with Crippen LogP contribution < -0.4 is 38.1 Å². The molecule has 0 bridgehead atoms. The summed E-state index contributed by atoms with van der Waals surface area (Å²) in [7, 11) is 0. The Bertz CT molecular complexity index is 1970. The van der Waals surface area contributed by atoms with Crippen molar-refractivity contribution in [1.82, 2.24) is 31.5 Å². The third-order valence-corrected chi connectivity index (χ3v) is 10.5. The van der Waals surface area contributed by atoms with E-state index in [1.54, 1.807) is 60.7 Å². The molecule has 12 N–H and O–H groups in total. The number of aliphatic hydroxyl groups is 1. The van der Waals surface area contributed by atoms with Crippen molar-refractivity contribution in [3.8, 4) is 5.75 Å². The summed E-state index contributed by atoms with van der Waals surface area (Å²) in [5, 5.41) is 43.6. The Kier molecular flexibility index (Phi) is 18.8. The topological polar surface area (TPSA) is 296 Å². The van der Waals surface area contributed by atoms with E-state index in [1.165, 1.54) is 36.1 Å². The van der Waals surface area contributed by atoms with Crippen LogP contribution in [0.5, 0.6) is 5.75 Å². The van der Waals surface area contributed by atoms with Gasteiger partial charge >= 0.3 is 5.97 Å². The van der Waals surface area contributed by atoms with E-state index in [0.717, 1.165) is 5.56 Å². The van der Waals surface area contributed by atoms with Gasteiger partial charge in [-0.2, -0.15) is 0 Å². The molecule has 1 aliphatic heterocycles. The number of nitrogens with two attached hydrogens (primary N) is 2. The van der Waals surface area contributed by atoms with Gasteiger partial charge in [0, 0.05) is 25.8 Å². The van der Waals surface area contributed by atoms with E-state index >= 15 is 0 Å². The van der Waals surface area contributed by atoms with Gasteiger partial charge in [-0.25, -0.2) is 4.79 Å². The maximum absolute atomic E-state index is 14.3. The molecule has 0 radical (unpaired) electrons. The molecule has 1 aliphatic rings. The Morgan fingerprint density at radius 1 is 0.677 bits per heavy atom. The molecule has 3 aromatic carbocycles. The van der Waals surface area contributed by atoms with Crippen molar-refractivity contribution in [3.05, 3.63) is 102 Å². The predicted molar refractivity (Wildman–Crippen MR) is 228 cm³/mol. The van der Waals surface area contributed by atoms with Gasteiger partial charge in [-0.15, -0.1) is 0 Å². The van der Waals surface area contributed by atoms with Gasteiger partial charge in [0.25, 0.3) is 0 Å². The molecule has 18 nitrogen and oxygen atoms in total. The molecule has 1 heterocycles. The summed E-state index contributed by atoms with van der Waals surface area (Å²) >= 11 is 0. The maximum atomic E-state index is 14.3. The Labute approximate surface area is 360 Å². The molecule has 334 valence electrons. The van der Waals surface area contributed by atoms with Gasteiger partial charge in [0.2, 0.25) is 35.4 Å². The van der Waals surface area contributed by atoms with Crippen LogP contribution in [0.1, 0.15) is 55.7 Å². The zero-order chi connectivity index (χ0) is 45.2. The number of rotatable bonds is 23. The number of hydrogen-bond donors (Lipinski definition) is 10. The number of carbonyl (C=O) groups excluding carboxylic acids is 6. The average Bonchev–Trinajstić information content (AvgIpc) is 3.76. The molecule has 7 atom stereocenters. The lowest BCUT2D eigenvalue weighted by Crippen LogP contribution is -2.62. The highest BCUT2D eigenvalue weighted by Gasteiger charge is 2.41. The molecule has 1 saturated heterocycles. The first kappa shape index (κ1) is 48.3. The molecule has 1 fully saturated rings. The van der Waals surface area contributed by atoms with Crippen LogP contribution in [0.25, 0.3) is 0 Å². The molecule has 62 heavy (non-hydrogen) atoms. The number of aliphatic hydroxyl groups excluding tert-OH is 1. The first-order valence-corrected chi connectivity index (χ1v) is 20.7. The summed E-state index contributed by atoms with van der Waals surface area (Å²) in [4.78, 5) is 95.5. The van der Waals surface area contributed by atoms with Gasteiger partial charge in [0.1, 0.15) is 42.0 Å². The Morgan fingerprint density at radius 2 is 1.18 bits per heavy atom. The van der Waals surface area contributed by atoms with Crippen LogP contribution in [0, 0.1) is 0 Å². The average molecular weight is 859 g/mol. The molecule has 0 aromatic heterocycles. The van der Waals surface area contributed by atoms with Crippen LogP contribution in [0.3, 0.4) is 0 Å². The zero-order valence-corrected chi connectivity index (χ0v) is 34.7. The number of phenolic OH excluding ortho intramolecular Hbond substituents is 1. The number of hydrogen-bond acceptors (Lipinski definition) is 11. The van der Waals surface area contributed by atoms with Crippen LogP contribution >= 0.6 is 0 Å². The smallest absolute Gasteiger partial charge is 0.326 e. The second kappa shape index (κ2) is 24.2. The molecule has 18 heteroatoms. The summed E-state index contributed by atoms with van der Waals surface area (Å²) < 4.78 is 0. The highest BCUT2D eigenvalue weighted by Crippen LogP contribution is 2.21. The number of aliphatic carboxylic acids is 1. The zero-order valence-electron chi connectivity index (χ0n) is 34.7. The quantitative estimate of drug-likeness (QED) is 0.0535. The molecule has 0 spiro atoms. The molecule has 7 unspecified atom stereocenters. The van der Waals surface area contributed by atoms with Gasteiger partial charge < -0.3 is 58.3 Å². The molecule has 0 aliphatic carbocycles. The van der Waals surface area contributed by atoms with Gasteiger partial charge in [0.15, 0.2) is 0 Å². The summed E-state index contributed by atoms with van der Waals surface area (Å²) in [5.41, 5.74) is 13.0. The SMILES string of the molecule is CC(O)C(NC(=O)C(Cc1ccc(O)cc1)NC(=O)C(Cc1ccccc1)NC(=O)C(Cc1ccccc1)NC(=O)CN)C(=O)N1CCCC1C(=O)NC(CCCCN)C(=O)O. The Balaban J connectivity index is 1.59. The number of benzene rings is 3. The normalized spacial score (nSPS) is 16.4. The molecule has 0 saturated carbocycles. The number of nitrogens with one attached hydrogen (secondary N) is 5. The first-order valence-electron chi connectivity index (χ1n) is 20.7. The molecule has 6 amide bonds. The van der Waals surface area contributed by atoms with E-state index in [2.05, 4.69) is 26.6 Å². The fourth-order valence-electron chi connectivity index (χ4n) is 7.14. The molecular weight excluding hydrogens is 801 g/mol. The second-order valence-corrected chi connectivity index (χ2v) is 15.3. The Morgan fingerprint density at radius 3 is 1.66 bits per heavy atom. The lowest BCUT2D eigenvalue weighted by atomic mass is 10.0. The van der Waals surface area contributed by atoms with E-state index < -0.39 is 83.8 Å². The van der Waals surface area contributed by atoms with Gasteiger partial charge in [0.05, 0.1) is 12.6 Å². The monoisotopic (exact) mass is 858 g/mol. The van der Waals surface area contributed by atoms with Gasteiger partial charge in [-0.3, -0.25) is 28.8 Å². The minimum absolute atomic E-state index is 0.0300. The highest BCUT2D eigenvalue weighted by molar-refractivity contribution is 5.97. The third kappa shape index (κ3) is 14.7. The number of likely N-dealkylation sites (tertiary alicyclic amines) is 1. The maximum Gasteiger partial charge on any atom is 0.326 e. The van der Waals surface area contributed by atoms with E-state index in [1.807, 2.05) is 0 Å². The number of carboxylic acids is 1. The summed E-state index contributed by atoms with van der Waals surface area (Å²) in [5.74, 6) is -5.75. The number of phenols is 1. The van der Waals surface area contributed by atoms with Crippen LogP contribution in [0.2, 0.25) is 0 Å². The van der Waals surface area contributed by atoms with Crippen LogP contribution in [-0.4, -0.2) is 124 Å². The van der Waals surface area contributed by atoms with Crippen molar-refractivity contribution in [2.75, 3.05) is 19.6 Å². The number of aromatic hydroxyl groups is 1. The largest absolute Gasteiger partial charge is 0.508 e. The van der Waals surface area contributed by atoms with Crippen molar-refractivity contribution in [2.24, 2.45) is 11.5 Å². The third-order valence-electron chi connectivity index (χ3n) is 10.5. The van der Waals surface area contributed by atoms with E-state index in [9.17, 15) is 48.9 Å². The van der Waals surface area contributed by atoms with E-state index in [0.29, 0.717) is 36.9 Å². The van der Waals surface area contributed by atoms with Crippen molar-refractivity contribution in [2.45, 2.75) is 101 Å². The fraction of sp³-hybridized carbons (Fsp3) is 0.432. The first-order chi connectivity index (χ1) is 29.7. The predicted octanol–water partition coefficient (Wildman–Crippen LogP) is -0.612. The lowest BCUT2D eigenvalue weighted by Gasteiger charge is -2.32. The molecular formula is C44H58N8O10. The lowest BCUT2D eigenvalue weighted by molar-refractivity contribution is -0.146. The van der Waals surface area contributed by atoms with Crippen molar-refractivity contribution >= 4 is 41.4 Å². The van der Waals surface area contributed by atoms with Crippen molar-refractivity contribution in [1.29, 1.82) is 0 Å². The molecule has 3 aromatic rings. The van der Waals surface area contributed by atoms with Crippen molar-refractivity contribution in [3.63, 3.8) is 0 Å². The van der Waals surface area contributed by atoms with E-state index in [-0.39, 0.29) is 50.9 Å². The summed E-state index contributed by atoms with van der Waals surface area (Å²) in [6.45, 7) is 1.34. The number of carboxylic acid groups (broad SMARTS) is 1. The highest BCUT2D eigenvalue weighted by atomic mass is 16.4. The van der Waals surface area contributed by atoms with E-state index in [4.69, 9.17) is 11.5 Å². The minimum atomic E-state index is -1.60. The van der Waals surface area contributed by atoms with Crippen molar-refractivity contribution < 1.29 is 48.9 Å². The Hall–Kier alpha value is -6.37. The van der Waals surface area contributed by atoms with Gasteiger partial charge in [-0.1, -0.05) is 72.8 Å². The second-order valence-electron chi connectivity index (χ2n) is 15.3. The minimum Gasteiger partial charge on any atom is -0.508 e. The number of carbonyl (C=O) groups is 7. The van der Waals surface area contributed by atoms with Crippen LogP contribution in [0.15, 0.2) is 84.9 Å².